The van der Waals surface area contributed by atoms with Crippen LogP contribution in [0.25, 0.3) is 0 Å². The zero-order valence-corrected chi connectivity index (χ0v) is 15.4. The van der Waals surface area contributed by atoms with E-state index in [1.807, 2.05) is 12.2 Å². The summed E-state index contributed by atoms with van der Waals surface area (Å²) in [5.41, 5.74) is -1.28. The highest BCUT2D eigenvalue weighted by Gasteiger charge is 2.56. The van der Waals surface area contributed by atoms with Gasteiger partial charge in [-0.05, 0) is 44.2 Å². The lowest BCUT2D eigenvalue weighted by Crippen LogP contribution is -2.68. The fourth-order valence-electron chi connectivity index (χ4n) is 3.85. The van der Waals surface area contributed by atoms with Crippen LogP contribution < -0.4 is 0 Å². The normalized spacial score (nSPS) is 28.6. The molecule has 144 valence electrons. The molecule has 1 aromatic carbocycles. The van der Waals surface area contributed by atoms with E-state index < -0.39 is 41.7 Å². The molecule has 1 fully saturated rings. The molecule has 0 aromatic heterocycles. The molecular formula is C20H23FN2O4. The summed E-state index contributed by atoms with van der Waals surface area (Å²) < 4.78 is 13.4. The second-order valence-corrected chi connectivity index (χ2v) is 7.30. The summed E-state index contributed by atoms with van der Waals surface area (Å²) in [7, 11) is 1.41. The number of ketones is 1. The third kappa shape index (κ3) is 3.27. The summed E-state index contributed by atoms with van der Waals surface area (Å²) in [6.45, 7) is 1.13. The third-order valence-corrected chi connectivity index (χ3v) is 5.55. The number of allylic oxidation sites excluding steroid dienone is 2. The first-order valence-electron chi connectivity index (χ1n) is 8.98. The van der Waals surface area contributed by atoms with Gasteiger partial charge < -0.3 is 10.0 Å². The fourth-order valence-corrected chi connectivity index (χ4v) is 3.85. The SMILES string of the molecule is CN1C(=O)C(C)(C2C=CCCC2)C(=O)N(CC(=O)c2cccc(F)c2)C1O. The number of carbonyl (C=O) groups excluding carboxylic acids is 3. The van der Waals surface area contributed by atoms with Crippen LogP contribution in [-0.2, 0) is 9.59 Å². The molecule has 0 saturated carbocycles. The van der Waals surface area contributed by atoms with Crippen LogP contribution in [-0.4, -0.2) is 52.4 Å². The van der Waals surface area contributed by atoms with Crippen LogP contribution in [0.15, 0.2) is 36.4 Å². The maximum Gasteiger partial charge on any atom is 0.242 e. The van der Waals surface area contributed by atoms with Gasteiger partial charge in [0, 0.05) is 12.6 Å². The number of nitrogens with zero attached hydrogens (tertiary/aromatic N) is 2. The average Bonchev–Trinajstić information content (AvgIpc) is 2.68. The van der Waals surface area contributed by atoms with Crippen molar-refractivity contribution in [3.63, 3.8) is 0 Å². The van der Waals surface area contributed by atoms with Gasteiger partial charge in [-0.15, -0.1) is 0 Å². The van der Waals surface area contributed by atoms with Crippen molar-refractivity contribution in [2.45, 2.75) is 32.5 Å². The molecule has 1 N–H and O–H groups in total. The van der Waals surface area contributed by atoms with Crippen molar-refractivity contribution in [2.75, 3.05) is 13.6 Å². The van der Waals surface area contributed by atoms with Crippen molar-refractivity contribution >= 4 is 17.6 Å². The van der Waals surface area contributed by atoms with Crippen LogP contribution >= 0.6 is 0 Å². The van der Waals surface area contributed by atoms with E-state index in [4.69, 9.17) is 0 Å². The first-order chi connectivity index (χ1) is 12.8. The summed E-state index contributed by atoms with van der Waals surface area (Å²) in [6.07, 6.45) is 4.73. The van der Waals surface area contributed by atoms with E-state index in [1.54, 1.807) is 6.92 Å². The Labute approximate surface area is 157 Å². The molecule has 0 spiro atoms. The number of aliphatic hydroxyl groups excluding tert-OH is 1. The van der Waals surface area contributed by atoms with Crippen LogP contribution in [0.2, 0.25) is 0 Å². The van der Waals surface area contributed by atoms with Gasteiger partial charge in [-0.2, -0.15) is 0 Å². The van der Waals surface area contributed by atoms with Gasteiger partial charge in [0.15, 0.2) is 5.78 Å². The molecule has 1 saturated heterocycles. The molecule has 2 aliphatic rings. The van der Waals surface area contributed by atoms with E-state index in [1.165, 1.54) is 25.2 Å². The molecule has 0 bridgehead atoms. The third-order valence-electron chi connectivity index (χ3n) is 5.55. The Bertz CT molecular complexity index is 809. The number of benzene rings is 1. The number of Topliss-reactive ketones (excluding diaryl/α,β-unsaturated/α-hetero) is 1. The fraction of sp³-hybridized carbons (Fsp3) is 0.450. The minimum Gasteiger partial charge on any atom is -0.356 e. The van der Waals surface area contributed by atoms with E-state index in [9.17, 15) is 23.9 Å². The lowest BCUT2D eigenvalue weighted by molar-refractivity contribution is -0.196. The summed E-state index contributed by atoms with van der Waals surface area (Å²) in [6, 6.07) is 5.16. The number of halogens is 1. The quantitative estimate of drug-likeness (QED) is 0.496. The highest BCUT2D eigenvalue weighted by atomic mass is 19.1. The van der Waals surface area contributed by atoms with Crippen LogP contribution in [0, 0.1) is 17.2 Å². The smallest absolute Gasteiger partial charge is 0.242 e. The molecule has 27 heavy (non-hydrogen) atoms. The number of carbonyl (C=O) groups is 3. The van der Waals surface area contributed by atoms with Gasteiger partial charge in [0.25, 0.3) is 0 Å². The standard InChI is InChI=1S/C20H23FN2O4/c1-20(14-8-4-3-5-9-14)17(25)22(2)19(27)23(18(20)26)12-16(24)13-7-6-10-15(21)11-13/h4,6-8,10-11,14,19,27H,3,5,9,12H2,1-2H3. The second-order valence-electron chi connectivity index (χ2n) is 7.30. The number of hydrogen-bond acceptors (Lipinski definition) is 4. The molecule has 7 heteroatoms. The monoisotopic (exact) mass is 374 g/mol. The molecule has 1 heterocycles. The van der Waals surface area contributed by atoms with Crippen molar-refractivity contribution in [1.82, 2.24) is 9.80 Å². The van der Waals surface area contributed by atoms with Gasteiger partial charge in [0.1, 0.15) is 11.2 Å². The van der Waals surface area contributed by atoms with E-state index in [2.05, 4.69) is 0 Å². The first-order valence-corrected chi connectivity index (χ1v) is 8.98. The summed E-state index contributed by atoms with van der Waals surface area (Å²) in [5, 5.41) is 10.4. The van der Waals surface area contributed by atoms with Crippen molar-refractivity contribution in [2.24, 2.45) is 11.3 Å². The number of aliphatic hydroxyl groups is 1. The number of rotatable bonds is 4. The van der Waals surface area contributed by atoms with Gasteiger partial charge >= 0.3 is 0 Å². The second kappa shape index (κ2) is 7.23. The molecule has 2 amide bonds. The van der Waals surface area contributed by atoms with E-state index in [-0.39, 0.29) is 11.5 Å². The summed E-state index contributed by atoms with van der Waals surface area (Å²) >= 11 is 0. The lowest BCUT2D eigenvalue weighted by Gasteiger charge is -2.48. The molecule has 3 unspecified atom stereocenters. The Balaban J connectivity index is 1.91. The van der Waals surface area contributed by atoms with E-state index in [0.29, 0.717) is 6.42 Å². The maximum atomic E-state index is 13.4. The van der Waals surface area contributed by atoms with Gasteiger partial charge in [-0.25, -0.2) is 4.39 Å². The van der Waals surface area contributed by atoms with Gasteiger partial charge in [0.05, 0.1) is 6.54 Å². The van der Waals surface area contributed by atoms with Gasteiger partial charge in [0.2, 0.25) is 18.2 Å². The maximum absolute atomic E-state index is 13.4. The Hall–Kier alpha value is -2.54. The van der Waals surface area contributed by atoms with Gasteiger partial charge in [-0.1, -0.05) is 24.3 Å². The Morgan fingerprint density at radius 3 is 2.70 bits per heavy atom. The van der Waals surface area contributed by atoms with Crippen molar-refractivity contribution < 1.29 is 23.9 Å². The molecule has 1 aliphatic carbocycles. The molecule has 3 rings (SSSR count). The molecular weight excluding hydrogens is 351 g/mol. The van der Waals surface area contributed by atoms with Crippen molar-refractivity contribution in [3.05, 3.63) is 47.8 Å². The lowest BCUT2D eigenvalue weighted by atomic mass is 9.69. The zero-order chi connectivity index (χ0) is 19.8. The predicted octanol–water partition coefficient (Wildman–Crippen LogP) is 1.95. The summed E-state index contributed by atoms with van der Waals surface area (Å²) in [4.78, 5) is 40.7. The zero-order valence-electron chi connectivity index (χ0n) is 15.4. The van der Waals surface area contributed by atoms with Crippen LogP contribution in [0.5, 0.6) is 0 Å². The Kier molecular flexibility index (Phi) is 5.15. The predicted molar refractivity (Wildman–Crippen MR) is 95.8 cm³/mol. The van der Waals surface area contributed by atoms with E-state index in [0.717, 1.165) is 28.7 Å². The highest BCUT2D eigenvalue weighted by molar-refractivity contribution is 6.09. The van der Waals surface area contributed by atoms with Crippen LogP contribution in [0.4, 0.5) is 4.39 Å². The molecule has 6 nitrogen and oxygen atoms in total. The van der Waals surface area contributed by atoms with Gasteiger partial charge in [-0.3, -0.25) is 19.3 Å². The minimum absolute atomic E-state index is 0.105. The molecule has 3 atom stereocenters. The van der Waals surface area contributed by atoms with Crippen LogP contribution in [0.1, 0.15) is 36.5 Å². The van der Waals surface area contributed by atoms with Crippen molar-refractivity contribution in [1.29, 1.82) is 0 Å². The first kappa shape index (κ1) is 19.2. The average molecular weight is 374 g/mol. The Morgan fingerprint density at radius 1 is 1.33 bits per heavy atom. The molecule has 1 aliphatic heterocycles. The molecule has 0 radical (unpaired) electrons. The molecule has 1 aromatic rings. The number of amides is 2. The Morgan fingerprint density at radius 2 is 2.07 bits per heavy atom. The van der Waals surface area contributed by atoms with Crippen molar-refractivity contribution in [3.8, 4) is 0 Å². The van der Waals surface area contributed by atoms with Crippen LogP contribution in [0.3, 0.4) is 0 Å². The summed E-state index contributed by atoms with van der Waals surface area (Å²) in [5.74, 6) is -2.42. The minimum atomic E-state index is -1.54. The topological polar surface area (TPSA) is 77.9 Å². The van der Waals surface area contributed by atoms with E-state index >= 15 is 0 Å². The number of hydrogen-bond donors (Lipinski definition) is 1. The largest absolute Gasteiger partial charge is 0.356 e. The highest BCUT2D eigenvalue weighted by Crippen LogP contribution is 2.41.